The summed E-state index contributed by atoms with van der Waals surface area (Å²) in [6.45, 7) is 10.1. The van der Waals surface area contributed by atoms with Crippen molar-refractivity contribution in [3.63, 3.8) is 0 Å². The third kappa shape index (κ3) is 7.50. The Morgan fingerprint density at radius 2 is 1.84 bits per heavy atom. The standard InChI is InChI=1S/C30H39BrN2O4/c1-21(2)20-36-29(35)30(3,4)37-27-9-5-8-26(17-27)32-16-6-7-23(19-32)28(34)33(25-14-15-25)18-22-10-12-24(31)13-11-22/h5,8-13,17,21,23,25H,6-7,14-16,18-20H2,1-4H3/t23-/m1/s1. The van der Waals surface area contributed by atoms with Crippen LogP contribution in [-0.4, -0.2) is 48.1 Å². The molecule has 1 saturated carbocycles. The van der Waals surface area contributed by atoms with E-state index in [1.807, 2.05) is 50.2 Å². The summed E-state index contributed by atoms with van der Waals surface area (Å²) in [7, 11) is 0. The number of halogens is 1. The minimum absolute atomic E-state index is 0.0307. The van der Waals surface area contributed by atoms with E-state index in [0.29, 0.717) is 31.5 Å². The second-order valence-corrected chi connectivity index (χ2v) is 12.1. The number of carbonyl (C=O) groups excluding carboxylic acids is 2. The number of carbonyl (C=O) groups is 2. The van der Waals surface area contributed by atoms with Crippen LogP contribution in [0, 0.1) is 11.8 Å². The summed E-state index contributed by atoms with van der Waals surface area (Å²) < 4.78 is 12.5. The molecular weight excluding hydrogens is 532 g/mol. The van der Waals surface area contributed by atoms with Gasteiger partial charge in [0.15, 0.2) is 5.60 Å². The normalized spacial score (nSPS) is 18.0. The summed E-state index contributed by atoms with van der Waals surface area (Å²) in [4.78, 5) is 30.6. The molecule has 0 bridgehead atoms. The predicted molar refractivity (Wildman–Crippen MR) is 150 cm³/mol. The van der Waals surface area contributed by atoms with Crippen LogP contribution in [0.15, 0.2) is 53.0 Å². The first-order valence-electron chi connectivity index (χ1n) is 13.4. The minimum atomic E-state index is -1.09. The fraction of sp³-hybridized carbons (Fsp3) is 0.533. The van der Waals surface area contributed by atoms with Crippen molar-refractivity contribution in [3.8, 4) is 5.75 Å². The van der Waals surface area contributed by atoms with E-state index in [-0.39, 0.29) is 23.7 Å². The van der Waals surface area contributed by atoms with Crippen molar-refractivity contribution >= 4 is 33.5 Å². The number of amides is 1. The number of piperidine rings is 1. The highest BCUT2D eigenvalue weighted by Gasteiger charge is 2.37. The summed E-state index contributed by atoms with van der Waals surface area (Å²) in [6.07, 6.45) is 4.05. The Morgan fingerprint density at radius 3 is 2.51 bits per heavy atom. The molecule has 0 unspecified atom stereocenters. The molecular formula is C30H39BrN2O4. The van der Waals surface area contributed by atoms with Gasteiger partial charge in [0.2, 0.25) is 5.91 Å². The van der Waals surface area contributed by atoms with Crippen LogP contribution < -0.4 is 9.64 Å². The fourth-order valence-corrected chi connectivity index (χ4v) is 4.97. The zero-order valence-electron chi connectivity index (χ0n) is 22.4. The Bertz CT molecular complexity index is 1080. The maximum atomic E-state index is 13.7. The van der Waals surface area contributed by atoms with Crippen LogP contribution in [-0.2, 0) is 20.9 Å². The van der Waals surface area contributed by atoms with Gasteiger partial charge in [-0.05, 0) is 75.3 Å². The molecule has 2 aromatic rings. The van der Waals surface area contributed by atoms with Crippen LogP contribution in [0.2, 0.25) is 0 Å². The Kier molecular flexibility index (Phi) is 8.83. The van der Waals surface area contributed by atoms with Gasteiger partial charge in [-0.25, -0.2) is 4.79 Å². The third-order valence-corrected chi connectivity index (χ3v) is 7.43. The summed E-state index contributed by atoms with van der Waals surface area (Å²) in [5.41, 5.74) is 1.08. The molecule has 6 nitrogen and oxygen atoms in total. The molecule has 0 spiro atoms. The van der Waals surface area contributed by atoms with E-state index in [1.54, 1.807) is 13.8 Å². The Morgan fingerprint density at radius 1 is 1.11 bits per heavy atom. The highest BCUT2D eigenvalue weighted by Crippen LogP contribution is 2.33. The molecule has 200 valence electrons. The minimum Gasteiger partial charge on any atom is -0.476 e. The molecule has 1 atom stereocenters. The van der Waals surface area contributed by atoms with E-state index in [2.05, 4.69) is 37.9 Å². The van der Waals surface area contributed by atoms with E-state index < -0.39 is 5.60 Å². The summed E-state index contributed by atoms with van der Waals surface area (Å²) in [5.74, 6) is 0.741. The number of benzene rings is 2. The summed E-state index contributed by atoms with van der Waals surface area (Å²) in [6, 6.07) is 16.4. The van der Waals surface area contributed by atoms with Gasteiger partial charge in [-0.3, -0.25) is 4.79 Å². The van der Waals surface area contributed by atoms with E-state index in [9.17, 15) is 9.59 Å². The molecule has 0 radical (unpaired) electrons. The van der Waals surface area contributed by atoms with Crippen LogP contribution in [0.5, 0.6) is 5.75 Å². The number of hydrogen-bond acceptors (Lipinski definition) is 5. The third-order valence-electron chi connectivity index (χ3n) is 6.90. The molecule has 1 amide bonds. The first-order valence-corrected chi connectivity index (χ1v) is 14.2. The van der Waals surface area contributed by atoms with E-state index in [4.69, 9.17) is 9.47 Å². The van der Waals surface area contributed by atoms with Crippen LogP contribution in [0.1, 0.15) is 58.9 Å². The lowest BCUT2D eigenvalue weighted by Crippen LogP contribution is -2.45. The molecule has 0 aromatic heterocycles. The average Bonchev–Trinajstić information content (AvgIpc) is 3.72. The Balaban J connectivity index is 1.41. The van der Waals surface area contributed by atoms with Gasteiger partial charge in [0.1, 0.15) is 5.75 Å². The van der Waals surface area contributed by atoms with Gasteiger partial charge < -0.3 is 19.3 Å². The van der Waals surface area contributed by atoms with Crippen molar-refractivity contribution in [3.05, 3.63) is 58.6 Å². The van der Waals surface area contributed by atoms with Crippen molar-refractivity contribution < 1.29 is 19.1 Å². The van der Waals surface area contributed by atoms with Gasteiger partial charge in [-0.2, -0.15) is 0 Å². The van der Waals surface area contributed by atoms with Crippen molar-refractivity contribution in [1.82, 2.24) is 4.90 Å². The number of ether oxygens (including phenoxy) is 2. The van der Waals surface area contributed by atoms with Crippen LogP contribution in [0.4, 0.5) is 5.69 Å². The second kappa shape index (κ2) is 11.9. The highest BCUT2D eigenvalue weighted by atomic mass is 79.9. The molecule has 1 heterocycles. The monoisotopic (exact) mass is 570 g/mol. The molecule has 1 aliphatic carbocycles. The van der Waals surface area contributed by atoms with Gasteiger partial charge in [0.05, 0.1) is 12.5 Å². The largest absolute Gasteiger partial charge is 0.476 e. The lowest BCUT2D eigenvalue weighted by molar-refractivity contribution is -0.160. The van der Waals surface area contributed by atoms with Crippen LogP contribution in [0.25, 0.3) is 0 Å². The van der Waals surface area contributed by atoms with Gasteiger partial charge in [0, 0.05) is 41.9 Å². The van der Waals surface area contributed by atoms with Crippen molar-refractivity contribution in [2.45, 2.75) is 71.6 Å². The van der Waals surface area contributed by atoms with E-state index in [0.717, 1.165) is 48.0 Å². The molecule has 2 fully saturated rings. The molecule has 1 aliphatic heterocycles. The quantitative estimate of drug-likeness (QED) is 0.318. The first-order chi connectivity index (χ1) is 17.6. The van der Waals surface area contributed by atoms with E-state index in [1.165, 1.54) is 0 Å². The lowest BCUT2D eigenvalue weighted by atomic mass is 9.95. The van der Waals surface area contributed by atoms with Gasteiger partial charge >= 0.3 is 5.97 Å². The zero-order valence-corrected chi connectivity index (χ0v) is 24.0. The topological polar surface area (TPSA) is 59.1 Å². The molecule has 37 heavy (non-hydrogen) atoms. The van der Waals surface area contributed by atoms with Gasteiger partial charge in [-0.15, -0.1) is 0 Å². The molecule has 7 heteroatoms. The molecule has 1 saturated heterocycles. The SMILES string of the molecule is CC(C)COC(=O)C(C)(C)Oc1cccc(N2CCC[C@@H](C(=O)N(Cc3ccc(Br)cc3)C3CC3)C2)c1. The van der Waals surface area contributed by atoms with E-state index >= 15 is 0 Å². The van der Waals surface area contributed by atoms with Crippen LogP contribution in [0.3, 0.4) is 0 Å². The van der Waals surface area contributed by atoms with Crippen molar-refractivity contribution in [2.24, 2.45) is 11.8 Å². The predicted octanol–water partition coefficient (Wildman–Crippen LogP) is 6.21. The lowest BCUT2D eigenvalue weighted by Gasteiger charge is -2.36. The van der Waals surface area contributed by atoms with Gasteiger partial charge in [0.25, 0.3) is 0 Å². The number of hydrogen-bond donors (Lipinski definition) is 0. The second-order valence-electron chi connectivity index (χ2n) is 11.2. The maximum absolute atomic E-state index is 13.7. The average molecular weight is 572 g/mol. The fourth-order valence-electron chi connectivity index (χ4n) is 4.70. The smallest absolute Gasteiger partial charge is 0.349 e. The first kappa shape index (κ1) is 27.5. The number of nitrogens with zero attached hydrogens (tertiary/aromatic N) is 2. The Hall–Kier alpha value is -2.54. The number of anilines is 1. The molecule has 4 rings (SSSR count). The van der Waals surface area contributed by atoms with Crippen molar-refractivity contribution in [2.75, 3.05) is 24.6 Å². The van der Waals surface area contributed by atoms with Gasteiger partial charge in [-0.1, -0.05) is 48.0 Å². The van der Waals surface area contributed by atoms with Crippen molar-refractivity contribution in [1.29, 1.82) is 0 Å². The number of esters is 1. The Labute approximate surface area is 229 Å². The summed E-state index contributed by atoms with van der Waals surface area (Å²) in [5, 5.41) is 0. The summed E-state index contributed by atoms with van der Waals surface area (Å²) >= 11 is 3.50. The maximum Gasteiger partial charge on any atom is 0.349 e. The molecule has 0 N–H and O–H groups in total. The molecule has 2 aliphatic rings. The van der Waals surface area contributed by atoms with Crippen LogP contribution >= 0.6 is 15.9 Å². The number of rotatable bonds is 10. The zero-order chi connectivity index (χ0) is 26.6. The highest BCUT2D eigenvalue weighted by molar-refractivity contribution is 9.10. The molecule has 2 aromatic carbocycles.